The van der Waals surface area contributed by atoms with Crippen LogP contribution in [0, 0.1) is 0 Å². The molecule has 1 aromatic carbocycles. The van der Waals surface area contributed by atoms with Gasteiger partial charge in [0.05, 0.1) is 12.5 Å². The predicted molar refractivity (Wildman–Crippen MR) is 77.7 cm³/mol. The summed E-state index contributed by atoms with van der Waals surface area (Å²) in [7, 11) is 2.13. The van der Waals surface area contributed by atoms with Gasteiger partial charge < -0.3 is 9.73 Å². The third-order valence-corrected chi connectivity index (χ3v) is 3.06. The van der Waals surface area contributed by atoms with Gasteiger partial charge in [0.1, 0.15) is 0 Å². The number of benzene rings is 1. The Labute approximate surface area is 115 Å². The minimum Gasteiger partial charge on any atom is -0.472 e. The molecule has 0 aliphatic carbocycles. The van der Waals surface area contributed by atoms with Crippen LogP contribution in [-0.4, -0.2) is 18.5 Å². The van der Waals surface area contributed by atoms with E-state index in [2.05, 4.69) is 48.5 Å². The van der Waals surface area contributed by atoms with Gasteiger partial charge in [-0.2, -0.15) is 0 Å². The second-order valence-electron chi connectivity index (χ2n) is 4.90. The van der Waals surface area contributed by atoms with Crippen molar-refractivity contribution in [3.63, 3.8) is 0 Å². The van der Waals surface area contributed by atoms with E-state index in [1.165, 1.54) is 16.7 Å². The molecule has 19 heavy (non-hydrogen) atoms. The molecule has 1 aromatic heterocycles. The maximum Gasteiger partial charge on any atom is 0.0947 e. The Balaban J connectivity index is 1.90. The molecule has 1 heterocycles. The highest BCUT2D eigenvalue weighted by Crippen LogP contribution is 2.10. The van der Waals surface area contributed by atoms with Gasteiger partial charge in [-0.25, -0.2) is 0 Å². The number of nitrogens with one attached hydrogen (secondary N) is 1. The van der Waals surface area contributed by atoms with Crippen LogP contribution in [0.1, 0.15) is 23.6 Å². The topological polar surface area (TPSA) is 28.4 Å². The fraction of sp³-hybridized carbons (Fsp3) is 0.375. The summed E-state index contributed by atoms with van der Waals surface area (Å²) >= 11 is 0. The Kier molecular flexibility index (Phi) is 5.19. The van der Waals surface area contributed by atoms with E-state index in [4.69, 9.17) is 4.42 Å². The van der Waals surface area contributed by atoms with Crippen LogP contribution in [0.5, 0.6) is 0 Å². The number of hydrogen-bond acceptors (Lipinski definition) is 3. The second-order valence-corrected chi connectivity index (χ2v) is 4.90. The standard InChI is InChI=1S/C16H22N2O/c1-3-17-10-14-5-4-6-15(9-14)11-18(2)12-16-7-8-19-13-16/h4-9,13,17H,3,10-12H2,1-2H3. The summed E-state index contributed by atoms with van der Waals surface area (Å²) in [6.45, 7) is 5.93. The fourth-order valence-electron chi connectivity index (χ4n) is 2.17. The van der Waals surface area contributed by atoms with Gasteiger partial charge >= 0.3 is 0 Å². The maximum atomic E-state index is 5.09. The third kappa shape index (κ3) is 4.54. The number of hydrogen-bond donors (Lipinski definition) is 1. The third-order valence-electron chi connectivity index (χ3n) is 3.06. The molecular weight excluding hydrogens is 236 g/mol. The van der Waals surface area contributed by atoms with Crippen molar-refractivity contribution in [1.29, 1.82) is 0 Å². The summed E-state index contributed by atoms with van der Waals surface area (Å²) in [5.41, 5.74) is 3.91. The quantitative estimate of drug-likeness (QED) is 0.827. The van der Waals surface area contributed by atoms with E-state index in [0.29, 0.717) is 0 Å². The van der Waals surface area contributed by atoms with Crippen molar-refractivity contribution in [3.8, 4) is 0 Å². The van der Waals surface area contributed by atoms with Crippen molar-refractivity contribution in [2.24, 2.45) is 0 Å². The Morgan fingerprint density at radius 1 is 1.11 bits per heavy atom. The average molecular weight is 258 g/mol. The lowest BCUT2D eigenvalue weighted by molar-refractivity contribution is 0.317. The van der Waals surface area contributed by atoms with E-state index in [9.17, 15) is 0 Å². The monoisotopic (exact) mass is 258 g/mol. The predicted octanol–water partition coefficient (Wildman–Crippen LogP) is 3.02. The van der Waals surface area contributed by atoms with E-state index in [-0.39, 0.29) is 0 Å². The molecule has 0 saturated carbocycles. The van der Waals surface area contributed by atoms with Crippen LogP contribution < -0.4 is 5.32 Å². The zero-order chi connectivity index (χ0) is 13.5. The van der Waals surface area contributed by atoms with Crippen LogP contribution in [-0.2, 0) is 19.6 Å². The number of rotatable bonds is 7. The van der Waals surface area contributed by atoms with Crippen LogP contribution in [0.4, 0.5) is 0 Å². The van der Waals surface area contributed by atoms with Crippen molar-refractivity contribution < 1.29 is 4.42 Å². The first kappa shape index (κ1) is 13.8. The summed E-state index contributed by atoms with van der Waals surface area (Å²) in [4.78, 5) is 2.29. The lowest BCUT2D eigenvalue weighted by atomic mass is 10.1. The summed E-state index contributed by atoms with van der Waals surface area (Å²) in [6.07, 6.45) is 3.53. The Morgan fingerprint density at radius 3 is 2.63 bits per heavy atom. The highest BCUT2D eigenvalue weighted by atomic mass is 16.3. The molecule has 2 rings (SSSR count). The molecule has 0 spiro atoms. The summed E-state index contributed by atoms with van der Waals surface area (Å²) in [5.74, 6) is 0. The molecular formula is C16H22N2O. The normalized spacial score (nSPS) is 11.1. The molecule has 0 aliphatic heterocycles. The van der Waals surface area contributed by atoms with Gasteiger partial charge in [0.25, 0.3) is 0 Å². The van der Waals surface area contributed by atoms with E-state index < -0.39 is 0 Å². The highest BCUT2D eigenvalue weighted by molar-refractivity contribution is 5.23. The van der Waals surface area contributed by atoms with Gasteiger partial charge in [-0.3, -0.25) is 4.90 Å². The van der Waals surface area contributed by atoms with Crippen molar-refractivity contribution in [1.82, 2.24) is 10.2 Å². The van der Waals surface area contributed by atoms with Gasteiger partial charge in [-0.1, -0.05) is 31.2 Å². The molecule has 1 N–H and O–H groups in total. The molecule has 3 heteroatoms. The minimum absolute atomic E-state index is 0.911. The lowest BCUT2D eigenvalue weighted by Crippen LogP contribution is -2.17. The highest BCUT2D eigenvalue weighted by Gasteiger charge is 2.03. The van der Waals surface area contributed by atoms with E-state index in [1.807, 2.05) is 6.07 Å². The van der Waals surface area contributed by atoms with E-state index >= 15 is 0 Å². The van der Waals surface area contributed by atoms with Crippen molar-refractivity contribution >= 4 is 0 Å². The lowest BCUT2D eigenvalue weighted by Gasteiger charge is -2.16. The maximum absolute atomic E-state index is 5.09. The summed E-state index contributed by atoms with van der Waals surface area (Å²) < 4.78 is 5.09. The fourth-order valence-corrected chi connectivity index (χ4v) is 2.17. The molecule has 102 valence electrons. The van der Waals surface area contributed by atoms with Crippen LogP contribution in [0.2, 0.25) is 0 Å². The van der Waals surface area contributed by atoms with Crippen molar-refractivity contribution in [2.75, 3.05) is 13.6 Å². The van der Waals surface area contributed by atoms with Crippen LogP contribution >= 0.6 is 0 Å². The van der Waals surface area contributed by atoms with Gasteiger partial charge in [-0.15, -0.1) is 0 Å². The Bertz CT molecular complexity index is 479. The van der Waals surface area contributed by atoms with Gasteiger partial charge in [-0.05, 0) is 30.8 Å². The summed E-state index contributed by atoms with van der Waals surface area (Å²) in [6, 6.07) is 10.8. The first-order valence-corrected chi connectivity index (χ1v) is 6.76. The Morgan fingerprint density at radius 2 is 1.89 bits per heavy atom. The molecule has 0 amide bonds. The molecule has 0 atom stereocenters. The zero-order valence-electron chi connectivity index (χ0n) is 11.7. The molecule has 0 radical (unpaired) electrons. The van der Waals surface area contributed by atoms with Crippen LogP contribution in [0.15, 0.2) is 47.3 Å². The SMILES string of the molecule is CCNCc1cccc(CN(C)Cc2ccoc2)c1. The van der Waals surface area contributed by atoms with Gasteiger partial charge in [0.15, 0.2) is 0 Å². The minimum atomic E-state index is 0.911. The van der Waals surface area contributed by atoms with Crippen molar-refractivity contribution in [2.45, 2.75) is 26.6 Å². The summed E-state index contributed by atoms with van der Waals surface area (Å²) in [5, 5.41) is 3.36. The number of nitrogens with zero attached hydrogens (tertiary/aromatic N) is 1. The van der Waals surface area contributed by atoms with Crippen LogP contribution in [0.25, 0.3) is 0 Å². The molecule has 2 aromatic rings. The molecule has 0 bridgehead atoms. The molecule has 0 fully saturated rings. The molecule has 0 aliphatic rings. The first-order chi connectivity index (χ1) is 9.28. The van der Waals surface area contributed by atoms with Crippen LogP contribution in [0.3, 0.4) is 0 Å². The van der Waals surface area contributed by atoms with Gasteiger partial charge in [0, 0.05) is 25.2 Å². The van der Waals surface area contributed by atoms with E-state index in [0.717, 1.165) is 26.2 Å². The average Bonchev–Trinajstić information content (AvgIpc) is 2.89. The smallest absolute Gasteiger partial charge is 0.0947 e. The number of furan rings is 1. The zero-order valence-corrected chi connectivity index (χ0v) is 11.7. The van der Waals surface area contributed by atoms with Crippen molar-refractivity contribution in [3.05, 3.63) is 59.5 Å². The first-order valence-electron chi connectivity index (χ1n) is 6.76. The molecule has 0 saturated heterocycles. The van der Waals surface area contributed by atoms with Gasteiger partial charge in [0.2, 0.25) is 0 Å². The second kappa shape index (κ2) is 7.12. The Hall–Kier alpha value is -1.58. The van der Waals surface area contributed by atoms with E-state index in [1.54, 1.807) is 12.5 Å². The largest absolute Gasteiger partial charge is 0.472 e. The molecule has 3 nitrogen and oxygen atoms in total. The molecule has 0 unspecified atom stereocenters.